The summed E-state index contributed by atoms with van der Waals surface area (Å²) in [6, 6.07) is 6.01. The Hall–Kier alpha value is -1.62. The molecule has 1 aromatic rings. The highest BCUT2D eigenvalue weighted by Crippen LogP contribution is 2.04. The average molecular weight is 292 g/mol. The molecule has 1 aromatic heterocycles. The van der Waals surface area contributed by atoms with Crippen LogP contribution in [0, 0.1) is 0 Å². The van der Waals surface area contributed by atoms with E-state index in [-0.39, 0.29) is 5.91 Å². The molecule has 0 unspecified atom stereocenters. The van der Waals surface area contributed by atoms with E-state index in [1.165, 1.54) is 0 Å². The Kier molecular flexibility index (Phi) is 7.75. The van der Waals surface area contributed by atoms with Crippen LogP contribution in [0.5, 0.6) is 0 Å². The summed E-state index contributed by atoms with van der Waals surface area (Å²) in [5.74, 6) is 0.635. The maximum atomic E-state index is 12.0. The summed E-state index contributed by atoms with van der Waals surface area (Å²) in [5, 5.41) is 6.03. The minimum atomic E-state index is -0.105. The van der Waals surface area contributed by atoms with Gasteiger partial charge in [-0.25, -0.2) is 4.98 Å². The second kappa shape index (κ2) is 9.34. The molecule has 2 N–H and O–H groups in total. The van der Waals surface area contributed by atoms with Gasteiger partial charge in [-0.2, -0.15) is 0 Å². The van der Waals surface area contributed by atoms with Crippen LogP contribution < -0.4 is 10.6 Å². The molecule has 0 fully saturated rings. The molecular formula is C16H28N4O. The summed E-state index contributed by atoms with van der Waals surface area (Å²) < 4.78 is 0. The molecule has 1 rings (SSSR count). The van der Waals surface area contributed by atoms with Gasteiger partial charge in [-0.1, -0.05) is 6.07 Å². The molecule has 0 atom stereocenters. The zero-order valence-corrected chi connectivity index (χ0v) is 13.6. The lowest BCUT2D eigenvalue weighted by Gasteiger charge is -2.20. The number of carbonyl (C=O) groups is 1. The van der Waals surface area contributed by atoms with Crippen LogP contribution >= 0.6 is 0 Å². The van der Waals surface area contributed by atoms with Crippen molar-refractivity contribution >= 4 is 11.7 Å². The van der Waals surface area contributed by atoms with Crippen LogP contribution in [0.2, 0.25) is 0 Å². The first-order valence-corrected chi connectivity index (χ1v) is 7.74. The third kappa shape index (κ3) is 6.58. The highest BCUT2D eigenvalue weighted by molar-refractivity contribution is 5.92. The zero-order valence-electron chi connectivity index (χ0n) is 13.6. The van der Waals surface area contributed by atoms with Crippen molar-refractivity contribution in [3.63, 3.8) is 0 Å². The summed E-state index contributed by atoms with van der Waals surface area (Å²) in [5.41, 5.74) is 0.466. The Morgan fingerprint density at radius 1 is 1.33 bits per heavy atom. The van der Waals surface area contributed by atoms with Gasteiger partial charge < -0.3 is 15.5 Å². The zero-order chi connectivity index (χ0) is 15.7. The molecule has 0 spiro atoms. The van der Waals surface area contributed by atoms with Gasteiger partial charge in [0.15, 0.2) is 0 Å². The molecule has 0 aliphatic heterocycles. The van der Waals surface area contributed by atoms with E-state index in [0.29, 0.717) is 18.3 Å². The Labute approximate surface area is 128 Å². The fourth-order valence-corrected chi connectivity index (χ4v) is 1.88. The third-order valence-corrected chi connectivity index (χ3v) is 3.44. The van der Waals surface area contributed by atoms with Crippen LogP contribution in [-0.4, -0.2) is 48.5 Å². The molecule has 0 aromatic carbocycles. The summed E-state index contributed by atoms with van der Waals surface area (Å²) in [6.45, 7) is 8.92. The summed E-state index contributed by atoms with van der Waals surface area (Å²) in [4.78, 5) is 18.6. The van der Waals surface area contributed by atoms with Crippen LogP contribution in [0.1, 0.15) is 44.1 Å². The lowest BCUT2D eigenvalue weighted by atomic mass is 10.2. The molecule has 0 saturated heterocycles. The number of nitrogens with one attached hydrogen (secondary N) is 2. The first-order chi connectivity index (χ1) is 10.0. The number of rotatable bonds is 9. The van der Waals surface area contributed by atoms with E-state index >= 15 is 0 Å². The van der Waals surface area contributed by atoms with E-state index < -0.39 is 0 Å². The second-order valence-electron chi connectivity index (χ2n) is 5.48. The van der Waals surface area contributed by atoms with E-state index in [1.54, 1.807) is 6.07 Å². The highest BCUT2D eigenvalue weighted by Gasteiger charge is 2.07. The fraction of sp³-hybridized carbons (Fsp3) is 0.625. The number of anilines is 1. The van der Waals surface area contributed by atoms with Crippen LogP contribution in [0.25, 0.3) is 0 Å². The number of amides is 1. The molecule has 0 aliphatic carbocycles. The molecular weight excluding hydrogens is 264 g/mol. The number of aromatic nitrogens is 1. The van der Waals surface area contributed by atoms with Crippen LogP contribution in [0.4, 0.5) is 5.82 Å². The van der Waals surface area contributed by atoms with Gasteiger partial charge in [0.05, 0.1) is 0 Å². The number of pyridine rings is 1. The van der Waals surface area contributed by atoms with Crippen molar-refractivity contribution in [2.75, 3.05) is 32.0 Å². The predicted octanol–water partition coefficient (Wildman–Crippen LogP) is 2.36. The normalized spacial score (nSPS) is 11.0. The lowest BCUT2D eigenvalue weighted by Crippen LogP contribution is -2.29. The second-order valence-corrected chi connectivity index (χ2v) is 5.48. The van der Waals surface area contributed by atoms with E-state index in [9.17, 15) is 4.79 Å². The maximum absolute atomic E-state index is 12.0. The monoisotopic (exact) mass is 292 g/mol. The van der Waals surface area contributed by atoms with Gasteiger partial charge in [-0.3, -0.25) is 4.79 Å². The van der Waals surface area contributed by atoms with Gasteiger partial charge in [0.2, 0.25) is 0 Å². The van der Waals surface area contributed by atoms with Crippen molar-refractivity contribution in [1.82, 2.24) is 15.2 Å². The van der Waals surface area contributed by atoms with Crippen LogP contribution in [0.3, 0.4) is 0 Å². The molecule has 0 bridgehead atoms. The Bertz CT molecular complexity index is 434. The Morgan fingerprint density at radius 3 is 2.76 bits per heavy atom. The Morgan fingerprint density at radius 2 is 2.10 bits per heavy atom. The predicted molar refractivity (Wildman–Crippen MR) is 87.7 cm³/mol. The van der Waals surface area contributed by atoms with Crippen LogP contribution in [-0.2, 0) is 0 Å². The Balaban J connectivity index is 2.29. The average Bonchev–Trinajstić information content (AvgIpc) is 2.47. The van der Waals surface area contributed by atoms with E-state index in [2.05, 4.69) is 41.4 Å². The van der Waals surface area contributed by atoms with Gasteiger partial charge in [0.25, 0.3) is 5.91 Å². The number of hydrogen-bond donors (Lipinski definition) is 2. The van der Waals surface area contributed by atoms with Gasteiger partial charge in [-0.05, 0) is 59.3 Å². The molecule has 118 valence electrons. The molecule has 0 aliphatic rings. The molecule has 21 heavy (non-hydrogen) atoms. The largest absolute Gasteiger partial charge is 0.370 e. The SMILES string of the molecule is CCNc1cccc(C(=O)NCCCCN(C)C(C)C)n1. The molecule has 1 amide bonds. The summed E-state index contributed by atoms with van der Waals surface area (Å²) in [7, 11) is 2.12. The van der Waals surface area contributed by atoms with E-state index in [4.69, 9.17) is 0 Å². The van der Waals surface area contributed by atoms with E-state index in [1.807, 2.05) is 19.1 Å². The molecule has 5 heteroatoms. The van der Waals surface area contributed by atoms with Crippen molar-refractivity contribution < 1.29 is 4.79 Å². The highest BCUT2D eigenvalue weighted by atomic mass is 16.1. The van der Waals surface area contributed by atoms with E-state index in [0.717, 1.165) is 31.7 Å². The first kappa shape index (κ1) is 17.4. The van der Waals surface area contributed by atoms with Crippen molar-refractivity contribution in [2.45, 2.75) is 39.7 Å². The van der Waals surface area contributed by atoms with Gasteiger partial charge in [0, 0.05) is 19.1 Å². The smallest absolute Gasteiger partial charge is 0.269 e. The lowest BCUT2D eigenvalue weighted by molar-refractivity contribution is 0.0947. The third-order valence-electron chi connectivity index (χ3n) is 3.44. The van der Waals surface area contributed by atoms with Gasteiger partial charge in [0.1, 0.15) is 11.5 Å². The standard InChI is InChI=1S/C16H28N4O/c1-5-17-15-10-8-9-14(19-15)16(21)18-11-6-7-12-20(4)13(2)3/h8-10,13H,5-7,11-12H2,1-4H3,(H,17,19)(H,18,21). The maximum Gasteiger partial charge on any atom is 0.269 e. The minimum absolute atomic E-state index is 0.105. The van der Waals surface area contributed by atoms with Crippen molar-refractivity contribution in [3.05, 3.63) is 23.9 Å². The van der Waals surface area contributed by atoms with Crippen molar-refractivity contribution in [3.8, 4) is 0 Å². The fourth-order valence-electron chi connectivity index (χ4n) is 1.88. The number of unbranched alkanes of at least 4 members (excludes halogenated alkanes) is 1. The first-order valence-electron chi connectivity index (χ1n) is 7.74. The number of carbonyl (C=O) groups excluding carboxylic acids is 1. The van der Waals surface area contributed by atoms with Crippen LogP contribution in [0.15, 0.2) is 18.2 Å². The molecule has 5 nitrogen and oxygen atoms in total. The molecule has 0 saturated carbocycles. The molecule has 0 radical (unpaired) electrons. The van der Waals surface area contributed by atoms with Crippen molar-refractivity contribution in [1.29, 1.82) is 0 Å². The summed E-state index contributed by atoms with van der Waals surface area (Å²) in [6.07, 6.45) is 2.06. The number of nitrogens with zero attached hydrogens (tertiary/aromatic N) is 2. The number of hydrogen-bond acceptors (Lipinski definition) is 4. The summed E-state index contributed by atoms with van der Waals surface area (Å²) >= 11 is 0. The topological polar surface area (TPSA) is 57.3 Å². The molecule has 1 heterocycles. The van der Waals surface area contributed by atoms with Crippen molar-refractivity contribution in [2.24, 2.45) is 0 Å². The minimum Gasteiger partial charge on any atom is -0.370 e. The van der Waals surface area contributed by atoms with Gasteiger partial charge >= 0.3 is 0 Å². The quantitative estimate of drug-likeness (QED) is 0.686. The van der Waals surface area contributed by atoms with Gasteiger partial charge in [-0.15, -0.1) is 0 Å².